The van der Waals surface area contributed by atoms with E-state index in [0.717, 1.165) is 45.1 Å². The summed E-state index contributed by atoms with van der Waals surface area (Å²) >= 11 is 0. The topological polar surface area (TPSA) is 66.5 Å². The SMILES string of the molecule is CCCC[C@](C)(O)C/C=C/[C@@H]1[C@H]2CC(CCCCN)=C[C@H]2C[C@H]1O. The normalized spacial score (nSPS) is 32.1. The summed E-state index contributed by atoms with van der Waals surface area (Å²) in [5.74, 6) is 1.35. The summed E-state index contributed by atoms with van der Waals surface area (Å²) in [7, 11) is 0. The number of rotatable bonds is 10. The van der Waals surface area contributed by atoms with E-state index in [1.54, 1.807) is 5.57 Å². The summed E-state index contributed by atoms with van der Waals surface area (Å²) in [6.45, 7) is 4.86. The molecule has 5 atom stereocenters. The van der Waals surface area contributed by atoms with Gasteiger partial charge >= 0.3 is 0 Å². The monoisotopic (exact) mass is 335 g/mol. The predicted molar refractivity (Wildman–Crippen MR) is 101 cm³/mol. The molecule has 1 saturated carbocycles. The van der Waals surface area contributed by atoms with E-state index >= 15 is 0 Å². The Labute approximate surface area is 148 Å². The molecule has 0 radical (unpaired) electrons. The highest BCUT2D eigenvalue weighted by Gasteiger charge is 2.43. The van der Waals surface area contributed by atoms with Crippen molar-refractivity contribution in [3.8, 4) is 0 Å². The van der Waals surface area contributed by atoms with Crippen molar-refractivity contribution in [3.05, 3.63) is 23.8 Å². The van der Waals surface area contributed by atoms with E-state index in [1.165, 1.54) is 12.8 Å². The number of aliphatic hydroxyl groups excluding tert-OH is 1. The Hall–Kier alpha value is -0.640. The van der Waals surface area contributed by atoms with Crippen molar-refractivity contribution in [2.45, 2.75) is 83.3 Å². The van der Waals surface area contributed by atoms with Crippen molar-refractivity contribution in [2.75, 3.05) is 6.54 Å². The average molecular weight is 336 g/mol. The van der Waals surface area contributed by atoms with Gasteiger partial charge in [0.25, 0.3) is 0 Å². The third kappa shape index (κ3) is 5.44. The van der Waals surface area contributed by atoms with Crippen LogP contribution in [-0.2, 0) is 0 Å². The fourth-order valence-electron chi connectivity index (χ4n) is 4.43. The first kappa shape index (κ1) is 19.7. The Balaban J connectivity index is 1.85. The molecule has 138 valence electrons. The van der Waals surface area contributed by atoms with Crippen LogP contribution in [-0.4, -0.2) is 28.5 Å². The Morgan fingerprint density at radius 3 is 2.83 bits per heavy atom. The van der Waals surface area contributed by atoms with Crippen LogP contribution in [0.4, 0.5) is 0 Å². The minimum Gasteiger partial charge on any atom is -0.392 e. The molecule has 2 aliphatic carbocycles. The molecule has 2 rings (SSSR count). The molecule has 0 heterocycles. The second kappa shape index (κ2) is 9.17. The lowest BCUT2D eigenvalue weighted by molar-refractivity contribution is 0.0513. The molecule has 0 spiro atoms. The Kier molecular flexibility index (Phi) is 7.52. The van der Waals surface area contributed by atoms with Crippen LogP contribution in [0.25, 0.3) is 0 Å². The Morgan fingerprint density at radius 2 is 2.12 bits per heavy atom. The zero-order valence-electron chi connectivity index (χ0n) is 15.6. The minimum atomic E-state index is -0.614. The quantitative estimate of drug-likeness (QED) is 0.418. The summed E-state index contributed by atoms with van der Waals surface area (Å²) in [6.07, 6.45) is 15.7. The van der Waals surface area contributed by atoms with Gasteiger partial charge in [-0.1, -0.05) is 43.6 Å². The number of hydrogen-bond donors (Lipinski definition) is 3. The highest BCUT2D eigenvalue weighted by Crippen LogP contribution is 2.48. The van der Waals surface area contributed by atoms with Gasteiger partial charge in [0.15, 0.2) is 0 Å². The molecule has 0 bridgehead atoms. The molecule has 0 amide bonds. The molecule has 24 heavy (non-hydrogen) atoms. The summed E-state index contributed by atoms with van der Waals surface area (Å²) in [5.41, 5.74) is 6.54. The summed E-state index contributed by atoms with van der Waals surface area (Å²) in [5, 5.41) is 20.8. The van der Waals surface area contributed by atoms with Gasteiger partial charge < -0.3 is 15.9 Å². The lowest BCUT2D eigenvalue weighted by Crippen LogP contribution is -2.23. The van der Waals surface area contributed by atoms with Gasteiger partial charge in [0.2, 0.25) is 0 Å². The number of aliphatic hydroxyl groups is 2. The zero-order chi connectivity index (χ0) is 17.6. The smallest absolute Gasteiger partial charge is 0.0654 e. The number of allylic oxidation sites excluding steroid dienone is 2. The Bertz CT molecular complexity index is 441. The minimum absolute atomic E-state index is 0.223. The third-order valence-electron chi connectivity index (χ3n) is 5.89. The standard InChI is InChI=1S/C21H37NO2/c1-3-4-10-21(2,24)11-7-9-18-19-14-16(8-5-6-12-22)13-17(19)15-20(18)23/h7,9,13,17-20,23-24H,3-6,8,10-12,14-15,22H2,1-2H3/b9-7+/t17-,18+,19-,20+,21-/m0/s1. The first-order valence-electron chi connectivity index (χ1n) is 9.93. The van der Waals surface area contributed by atoms with Gasteiger partial charge in [-0.3, -0.25) is 0 Å². The van der Waals surface area contributed by atoms with E-state index in [4.69, 9.17) is 5.73 Å². The van der Waals surface area contributed by atoms with Crippen molar-refractivity contribution in [1.29, 1.82) is 0 Å². The largest absolute Gasteiger partial charge is 0.392 e. The maximum Gasteiger partial charge on any atom is 0.0654 e. The van der Waals surface area contributed by atoms with E-state index in [9.17, 15) is 10.2 Å². The number of unbranched alkanes of at least 4 members (excludes halogenated alkanes) is 2. The highest BCUT2D eigenvalue weighted by molar-refractivity contribution is 5.20. The maximum atomic E-state index is 10.4. The molecule has 0 aromatic carbocycles. The van der Waals surface area contributed by atoms with E-state index < -0.39 is 5.60 Å². The van der Waals surface area contributed by atoms with Gasteiger partial charge in [-0.15, -0.1) is 0 Å². The van der Waals surface area contributed by atoms with Crippen molar-refractivity contribution in [2.24, 2.45) is 23.5 Å². The van der Waals surface area contributed by atoms with E-state index in [1.807, 2.05) is 6.92 Å². The van der Waals surface area contributed by atoms with Crippen LogP contribution >= 0.6 is 0 Å². The Morgan fingerprint density at radius 1 is 1.33 bits per heavy atom. The lowest BCUT2D eigenvalue weighted by atomic mass is 9.87. The molecular formula is C21H37NO2. The molecule has 0 aromatic heterocycles. The van der Waals surface area contributed by atoms with Gasteiger partial charge in [0.05, 0.1) is 11.7 Å². The van der Waals surface area contributed by atoms with Crippen molar-refractivity contribution in [3.63, 3.8) is 0 Å². The van der Waals surface area contributed by atoms with Gasteiger partial charge in [-0.25, -0.2) is 0 Å². The van der Waals surface area contributed by atoms with Crippen molar-refractivity contribution in [1.82, 2.24) is 0 Å². The molecule has 3 heteroatoms. The average Bonchev–Trinajstić information content (AvgIpc) is 3.04. The fourth-order valence-corrected chi connectivity index (χ4v) is 4.43. The van der Waals surface area contributed by atoms with Crippen LogP contribution < -0.4 is 5.73 Å². The first-order chi connectivity index (χ1) is 11.5. The van der Waals surface area contributed by atoms with Gasteiger partial charge in [-0.05, 0) is 70.3 Å². The van der Waals surface area contributed by atoms with Crippen LogP contribution in [0.5, 0.6) is 0 Å². The van der Waals surface area contributed by atoms with Crippen LogP contribution in [0.3, 0.4) is 0 Å². The van der Waals surface area contributed by atoms with Gasteiger partial charge in [-0.2, -0.15) is 0 Å². The number of fused-ring (bicyclic) bond motifs is 1. The van der Waals surface area contributed by atoms with Crippen molar-refractivity contribution >= 4 is 0 Å². The second-order valence-corrected chi connectivity index (χ2v) is 8.22. The second-order valence-electron chi connectivity index (χ2n) is 8.22. The van der Waals surface area contributed by atoms with Crippen molar-refractivity contribution < 1.29 is 10.2 Å². The van der Waals surface area contributed by atoms with Crippen LogP contribution in [0.2, 0.25) is 0 Å². The van der Waals surface area contributed by atoms with E-state index in [-0.39, 0.29) is 12.0 Å². The summed E-state index contributed by atoms with van der Waals surface area (Å²) < 4.78 is 0. The number of hydrogen-bond acceptors (Lipinski definition) is 3. The zero-order valence-corrected chi connectivity index (χ0v) is 15.6. The highest BCUT2D eigenvalue weighted by atomic mass is 16.3. The molecule has 2 aliphatic rings. The summed E-state index contributed by atoms with van der Waals surface area (Å²) in [6, 6.07) is 0. The molecule has 3 nitrogen and oxygen atoms in total. The molecule has 0 aliphatic heterocycles. The molecular weight excluding hydrogens is 298 g/mol. The summed E-state index contributed by atoms with van der Waals surface area (Å²) in [4.78, 5) is 0. The first-order valence-corrected chi connectivity index (χ1v) is 9.93. The van der Waals surface area contributed by atoms with E-state index in [0.29, 0.717) is 18.3 Å². The molecule has 0 aromatic rings. The van der Waals surface area contributed by atoms with Gasteiger partial charge in [0.1, 0.15) is 0 Å². The van der Waals surface area contributed by atoms with Crippen LogP contribution in [0.15, 0.2) is 23.8 Å². The van der Waals surface area contributed by atoms with Gasteiger partial charge in [0, 0.05) is 5.92 Å². The lowest BCUT2D eigenvalue weighted by Gasteiger charge is -2.22. The molecule has 0 unspecified atom stereocenters. The van der Waals surface area contributed by atoms with E-state index in [2.05, 4.69) is 25.2 Å². The number of nitrogens with two attached hydrogens (primary N) is 1. The molecule has 1 fully saturated rings. The third-order valence-corrected chi connectivity index (χ3v) is 5.89. The molecule has 4 N–H and O–H groups in total. The van der Waals surface area contributed by atoms with Crippen LogP contribution in [0, 0.1) is 17.8 Å². The molecule has 0 saturated heterocycles. The van der Waals surface area contributed by atoms with Crippen LogP contribution in [0.1, 0.15) is 71.6 Å². The maximum absolute atomic E-state index is 10.4. The predicted octanol–water partition coefficient (Wildman–Crippen LogP) is 3.95. The fraction of sp³-hybridized carbons (Fsp3) is 0.810.